The minimum absolute atomic E-state index is 0.148. The van der Waals surface area contributed by atoms with Gasteiger partial charge in [0.2, 0.25) is 0 Å². The van der Waals surface area contributed by atoms with Gasteiger partial charge in [0.05, 0.1) is 6.33 Å². The number of hydrogen-bond acceptors (Lipinski definition) is 0. The molecule has 0 aliphatic heterocycles. The second-order valence-corrected chi connectivity index (χ2v) is 5.92. The Labute approximate surface area is 120 Å². The summed E-state index contributed by atoms with van der Waals surface area (Å²) in [5, 5.41) is 0. The van der Waals surface area contributed by atoms with Gasteiger partial charge in [0, 0.05) is 0 Å². The van der Waals surface area contributed by atoms with Gasteiger partial charge >= 0.3 is 0 Å². The molecule has 0 N–H and O–H groups in total. The Balaban J connectivity index is 1.68. The van der Waals surface area contributed by atoms with E-state index in [2.05, 4.69) is 0 Å². The highest BCUT2D eigenvalue weighted by atomic mass is 19.1. The molecule has 0 nitrogen and oxygen atoms in total. The van der Waals surface area contributed by atoms with Crippen LogP contribution in [0.1, 0.15) is 62.8 Å². The third-order valence-corrected chi connectivity index (χ3v) is 4.51. The Bertz CT molecular complexity index is 400. The molecule has 1 aliphatic rings. The summed E-state index contributed by atoms with van der Waals surface area (Å²) in [6.45, 7) is 0. The first kappa shape index (κ1) is 15.2. The average Bonchev–Trinajstić information content (AvgIpc) is 2.49. The average molecular weight is 278 g/mol. The minimum Gasteiger partial charge on any atom is -0.216 e. The summed E-state index contributed by atoms with van der Waals surface area (Å²) in [6, 6.07) is 7.01. The van der Waals surface area contributed by atoms with E-state index < -0.39 is 0 Å². The van der Waals surface area contributed by atoms with Gasteiger partial charge in [-0.1, -0.05) is 31.1 Å². The Hall–Kier alpha value is -1.18. The third-order valence-electron chi connectivity index (χ3n) is 4.51. The largest absolute Gasteiger partial charge is 0.216 e. The van der Waals surface area contributed by atoms with Crippen LogP contribution in [0.25, 0.3) is 0 Å². The fourth-order valence-corrected chi connectivity index (χ4v) is 3.28. The molecule has 20 heavy (non-hydrogen) atoms. The lowest BCUT2D eigenvalue weighted by Crippen LogP contribution is -2.13. The van der Waals surface area contributed by atoms with Gasteiger partial charge in [-0.05, 0) is 68.1 Å². The maximum atomic E-state index is 12.9. The molecule has 2 rings (SSSR count). The highest BCUT2D eigenvalue weighted by molar-refractivity contribution is 5.20. The lowest BCUT2D eigenvalue weighted by Gasteiger charge is -2.28. The van der Waals surface area contributed by atoms with Gasteiger partial charge in [-0.3, -0.25) is 0 Å². The van der Waals surface area contributed by atoms with E-state index in [-0.39, 0.29) is 5.82 Å². The molecule has 0 unspecified atom stereocenters. The van der Waals surface area contributed by atoms with Gasteiger partial charge in [-0.25, -0.2) is 8.78 Å². The van der Waals surface area contributed by atoms with Crippen molar-refractivity contribution in [3.63, 3.8) is 0 Å². The molecule has 0 spiro atoms. The Morgan fingerprint density at radius 1 is 1.00 bits per heavy atom. The number of halogens is 2. The lowest BCUT2D eigenvalue weighted by atomic mass is 9.77. The number of benzene rings is 1. The highest BCUT2D eigenvalue weighted by Crippen LogP contribution is 2.37. The first-order chi connectivity index (χ1) is 9.79. The maximum Gasteiger partial charge on any atom is 0.123 e. The lowest BCUT2D eigenvalue weighted by molar-refractivity contribution is 0.303. The van der Waals surface area contributed by atoms with E-state index in [0.29, 0.717) is 12.2 Å². The van der Waals surface area contributed by atoms with Crippen molar-refractivity contribution < 1.29 is 8.78 Å². The summed E-state index contributed by atoms with van der Waals surface area (Å²) in [5.74, 6) is 1.30. The fourth-order valence-electron chi connectivity index (χ4n) is 3.28. The molecule has 1 fully saturated rings. The van der Waals surface area contributed by atoms with E-state index in [0.717, 1.165) is 18.8 Å². The fraction of sp³-hybridized carbons (Fsp3) is 0.556. The van der Waals surface area contributed by atoms with Crippen LogP contribution in [-0.4, -0.2) is 0 Å². The summed E-state index contributed by atoms with van der Waals surface area (Å²) < 4.78 is 24.7. The Kier molecular flexibility index (Phi) is 6.23. The van der Waals surface area contributed by atoms with Crippen molar-refractivity contribution >= 4 is 0 Å². The van der Waals surface area contributed by atoms with Crippen molar-refractivity contribution in [3.05, 3.63) is 48.1 Å². The van der Waals surface area contributed by atoms with Crippen molar-refractivity contribution in [1.82, 2.24) is 0 Å². The van der Waals surface area contributed by atoms with Gasteiger partial charge in [0.1, 0.15) is 5.82 Å². The van der Waals surface area contributed by atoms with Crippen LogP contribution >= 0.6 is 0 Å². The van der Waals surface area contributed by atoms with E-state index in [1.807, 2.05) is 12.1 Å². The van der Waals surface area contributed by atoms with Crippen LogP contribution in [0.5, 0.6) is 0 Å². The summed E-state index contributed by atoms with van der Waals surface area (Å²) >= 11 is 0. The molecule has 0 bridgehead atoms. The first-order valence-electron chi connectivity index (χ1n) is 7.80. The zero-order valence-electron chi connectivity index (χ0n) is 12.0. The van der Waals surface area contributed by atoms with Crippen LogP contribution in [-0.2, 0) is 0 Å². The van der Waals surface area contributed by atoms with E-state index in [4.69, 9.17) is 0 Å². The smallest absolute Gasteiger partial charge is 0.123 e. The Morgan fingerprint density at radius 2 is 1.70 bits per heavy atom. The molecule has 1 aromatic carbocycles. The monoisotopic (exact) mass is 278 g/mol. The number of hydrogen-bond donors (Lipinski definition) is 0. The maximum absolute atomic E-state index is 12.9. The van der Waals surface area contributed by atoms with Crippen molar-refractivity contribution in [2.75, 3.05) is 0 Å². The molecular weight excluding hydrogens is 254 g/mol. The molecule has 0 amide bonds. The molecule has 0 aromatic heterocycles. The predicted octanol–water partition coefficient (Wildman–Crippen LogP) is 6.14. The van der Waals surface area contributed by atoms with Gasteiger partial charge < -0.3 is 0 Å². The van der Waals surface area contributed by atoms with Crippen LogP contribution in [0.15, 0.2) is 36.7 Å². The van der Waals surface area contributed by atoms with Crippen LogP contribution in [0.3, 0.4) is 0 Å². The second-order valence-electron chi connectivity index (χ2n) is 5.92. The van der Waals surface area contributed by atoms with Crippen molar-refractivity contribution in [2.45, 2.75) is 57.3 Å². The van der Waals surface area contributed by atoms with Crippen LogP contribution in [0.2, 0.25) is 0 Å². The predicted molar refractivity (Wildman–Crippen MR) is 79.8 cm³/mol. The van der Waals surface area contributed by atoms with Crippen LogP contribution in [0.4, 0.5) is 8.78 Å². The number of allylic oxidation sites excluding steroid dienone is 1. The van der Waals surface area contributed by atoms with Crippen molar-refractivity contribution in [1.29, 1.82) is 0 Å². The second kappa shape index (κ2) is 8.18. The molecule has 1 saturated carbocycles. The highest BCUT2D eigenvalue weighted by Gasteiger charge is 2.21. The van der Waals surface area contributed by atoms with Crippen LogP contribution < -0.4 is 0 Å². The SMILES string of the molecule is F/C=C/CCCC[C@H]1CC[C@H](c2ccc(F)cc2)CC1. The summed E-state index contributed by atoms with van der Waals surface area (Å²) in [5.41, 5.74) is 1.29. The first-order valence-corrected chi connectivity index (χ1v) is 7.80. The molecule has 2 heteroatoms. The zero-order chi connectivity index (χ0) is 14.2. The van der Waals surface area contributed by atoms with E-state index >= 15 is 0 Å². The third kappa shape index (κ3) is 4.73. The van der Waals surface area contributed by atoms with Crippen LogP contribution in [0, 0.1) is 11.7 Å². The molecule has 0 radical (unpaired) electrons. The summed E-state index contributed by atoms with van der Waals surface area (Å²) in [4.78, 5) is 0. The van der Waals surface area contributed by atoms with Gasteiger partial charge in [-0.15, -0.1) is 0 Å². The molecular formula is C18H24F2. The van der Waals surface area contributed by atoms with Crippen molar-refractivity contribution in [3.8, 4) is 0 Å². The number of rotatable bonds is 6. The Morgan fingerprint density at radius 3 is 2.35 bits per heavy atom. The zero-order valence-corrected chi connectivity index (χ0v) is 12.0. The normalized spacial score (nSPS) is 23.3. The topological polar surface area (TPSA) is 0 Å². The quantitative estimate of drug-likeness (QED) is 0.548. The van der Waals surface area contributed by atoms with Gasteiger partial charge in [0.25, 0.3) is 0 Å². The molecule has 0 atom stereocenters. The van der Waals surface area contributed by atoms with Crippen molar-refractivity contribution in [2.24, 2.45) is 5.92 Å². The minimum atomic E-state index is -0.148. The summed E-state index contributed by atoms with van der Waals surface area (Å²) in [7, 11) is 0. The summed E-state index contributed by atoms with van der Waals surface area (Å²) in [6.07, 6.45) is 11.7. The molecule has 0 heterocycles. The van der Waals surface area contributed by atoms with Gasteiger partial charge in [0.15, 0.2) is 0 Å². The molecule has 1 aromatic rings. The number of unbranched alkanes of at least 4 members (excludes halogenated alkanes) is 2. The molecule has 1 aliphatic carbocycles. The van der Waals surface area contributed by atoms with E-state index in [9.17, 15) is 8.78 Å². The van der Waals surface area contributed by atoms with E-state index in [1.54, 1.807) is 18.2 Å². The molecule has 110 valence electrons. The molecule has 0 saturated heterocycles. The standard InChI is InChI=1S/C18H24F2/c19-14-4-2-1-3-5-15-6-8-16(9-7-15)17-10-12-18(20)13-11-17/h4,10-16H,1-3,5-9H2/b14-4+/t15-,16-. The van der Waals surface area contributed by atoms with Gasteiger partial charge in [-0.2, -0.15) is 0 Å². The van der Waals surface area contributed by atoms with E-state index in [1.165, 1.54) is 44.1 Å².